The predicted molar refractivity (Wildman–Crippen MR) is 59.5 cm³/mol. The Morgan fingerprint density at radius 2 is 2.33 bits per heavy atom. The molecule has 0 aliphatic heterocycles. The largest absolute Gasteiger partial charge is 0.489 e. The molecule has 1 aromatic carbocycles. The van der Waals surface area contributed by atoms with Gasteiger partial charge in [-0.1, -0.05) is 17.7 Å². The van der Waals surface area contributed by atoms with Gasteiger partial charge in [0.2, 0.25) is 0 Å². The van der Waals surface area contributed by atoms with E-state index in [-0.39, 0.29) is 11.9 Å². The molecular weight excluding hydrogens is 217 g/mol. The van der Waals surface area contributed by atoms with Gasteiger partial charge >= 0.3 is 0 Å². The van der Waals surface area contributed by atoms with E-state index in [1.165, 1.54) is 17.7 Å². The molecule has 1 rings (SSSR count). The van der Waals surface area contributed by atoms with Gasteiger partial charge in [0.15, 0.2) is 0 Å². The summed E-state index contributed by atoms with van der Waals surface area (Å²) in [7, 11) is 0. The molecule has 4 heteroatoms. The highest BCUT2D eigenvalue weighted by atomic mass is 35.5. The second-order valence-electron chi connectivity index (χ2n) is 3.14. The van der Waals surface area contributed by atoms with Crippen LogP contribution in [0.5, 0.6) is 5.75 Å². The first-order valence-electron chi connectivity index (χ1n) is 4.58. The smallest absolute Gasteiger partial charge is 0.127 e. The minimum Gasteiger partial charge on any atom is -0.489 e. The Kier molecular flexibility index (Phi) is 4.59. The summed E-state index contributed by atoms with van der Waals surface area (Å²) in [5.74, 6) is 0.115. The molecule has 0 aliphatic carbocycles. The van der Waals surface area contributed by atoms with E-state index in [1.807, 2.05) is 6.92 Å². The summed E-state index contributed by atoms with van der Waals surface area (Å²) in [5.41, 5.74) is 7.85. The summed E-state index contributed by atoms with van der Waals surface area (Å²) in [6.07, 6.45) is 1.62. The van der Waals surface area contributed by atoms with Crippen molar-refractivity contribution in [1.29, 1.82) is 0 Å². The van der Waals surface area contributed by atoms with E-state index in [2.05, 4.69) is 0 Å². The molecule has 2 N–H and O–H groups in total. The van der Waals surface area contributed by atoms with Crippen molar-refractivity contribution in [1.82, 2.24) is 0 Å². The summed E-state index contributed by atoms with van der Waals surface area (Å²) < 4.78 is 18.3. The highest BCUT2D eigenvalue weighted by molar-refractivity contribution is 6.25. The van der Waals surface area contributed by atoms with Gasteiger partial charge in [0.05, 0.1) is 0 Å². The van der Waals surface area contributed by atoms with E-state index >= 15 is 0 Å². The van der Waals surface area contributed by atoms with Gasteiger partial charge in [0, 0.05) is 23.2 Å². The number of nitrogens with two attached hydrogens (primary N) is 1. The Bertz CT molecular complexity index is 352. The zero-order chi connectivity index (χ0) is 11.3. The van der Waals surface area contributed by atoms with Gasteiger partial charge in [0.1, 0.15) is 18.2 Å². The molecule has 0 saturated carbocycles. The van der Waals surface area contributed by atoms with Crippen molar-refractivity contribution in [3.63, 3.8) is 0 Å². The molecule has 0 amide bonds. The number of rotatable bonds is 4. The molecule has 0 spiro atoms. The third-order valence-electron chi connectivity index (χ3n) is 1.89. The molecular formula is C11H13ClFNO. The van der Waals surface area contributed by atoms with Gasteiger partial charge in [-0.25, -0.2) is 4.39 Å². The second kappa shape index (κ2) is 5.73. The lowest BCUT2D eigenvalue weighted by atomic mass is 10.1. The van der Waals surface area contributed by atoms with Gasteiger partial charge < -0.3 is 10.5 Å². The second-order valence-corrected chi connectivity index (χ2v) is 3.40. The molecule has 0 aromatic heterocycles. The summed E-state index contributed by atoms with van der Waals surface area (Å²) in [4.78, 5) is 0. The molecule has 1 aromatic rings. The molecule has 1 atom stereocenters. The van der Waals surface area contributed by atoms with Crippen LogP contribution in [0.3, 0.4) is 0 Å². The maximum Gasteiger partial charge on any atom is 0.127 e. The topological polar surface area (TPSA) is 35.2 Å². The minimum atomic E-state index is -0.343. The van der Waals surface area contributed by atoms with E-state index in [4.69, 9.17) is 22.1 Å². The summed E-state index contributed by atoms with van der Waals surface area (Å²) in [6.45, 7) is 2.12. The molecule has 2 nitrogen and oxygen atoms in total. The van der Waals surface area contributed by atoms with Crippen LogP contribution in [-0.2, 0) is 0 Å². The van der Waals surface area contributed by atoms with Crippen LogP contribution in [-0.4, -0.2) is 6.61 Å². The van der Waals surface area contributed by atoms with Crippen LogP contribution in [0.25, 0.3) is 0 Å². The SMILES string of the molecule is C[C@H](N)c1ccc(F)cc1OCC=CCl. The normalized spacial score (nSPS) is 13.1. The molecule has 0 bridgehead atoms. The van der Waals surface area contributed by atoms with Crippen molar-refractivity contribution in [2.75, 3.05) is 6.61 Å². The number of hydrogen-bond acceptors (Lipinski definition) is 2. The minimum absolute atomic E-state index is 0.194. The van der Waals surface area contributed by atoms with Gasteiger partial charge in [-0.2, -0.15) is 0 Å². The van der Waals surface area contributed by atoms with E-state index in [1.54, 1.807) is 12.1 Å². The van der Waals surface area contributed by atoms with Gasteiger partial charge in [-0.3, -0.25) is 0 Å². The van der Waals surface area contributed by atoms with Crippen molar-refractivity contribution < 1.29 is 9.13 Å². The van der Waals surface area contributed by atoms with Crippen molar-refractivity contribution in [2.45, 2.75) is 13.0 Å². The molecule has 0 fully saturated rings. The first-order chi connectivity index (χ1) is 7.15. The molecule has 0 radical (unpaired) electrons. The van der Waals surface area contributed by atoms with Crippen LogP contribution in [0, 0.1) is 5.82 Å². The maximum atomic E-state index is 13.0. The molecule has 0 unspecified atom stereocenters. The molecule has 0 heterocycles. The standard InChI is InChI=1S/C11H13ClFNO/c1-8(14)10-4-3-9(13)7-11(10)15-6-2-5-12/h2-5,7-8H,6,14H2,1H3/t8-/m0/s1. The molecule has 15 heavy (non-hydrogen) atoms. The van der Waals surface area contributed by atoms with E-state index in [9.17, 15) is 4.39 Å². The molecule has 0 aliphatic rings. The third kappa shape index (κ3) is 3.53. The number of benzene rings is 1. The Labute approximate surface area is 93.5 Å². The Morgan fingerprint density at radius 3 is 2.93 bits per heavy atom. The average molecular weight is 230 g/mol. The van der Waals surface area contributed by atoms with Crippen molar-refractivity contribution >= 4 is 11.6 Å². The average Bonchev–Trinajstić information content (AvgIpc) is 2.18. The summed E-state index contributed by atoms with van der Waals surface area (Å²) in [6, 6.07) is 4.12. The monoisotopic (exact) mass is 229 g/mol. The van der Waals surface area contributed by atoms with Crippen LogP contribution in [0.2, 0.25) is 0 Å². The van der Waals surface area contributed by atoms with Crippen LogP contribution in [0.15, 0.2) is 29.8 Å². The molecule has 0 saturated heterocycles. The van der Waals surface area contributed by atoms with Crippen LogP contribution in [0.1, 0.15) is 18.5 Å². The number of halogens is 2. The molecule has 82 valence electrons. The Morgan fingerprint density at radius 1 is 1.60 bits per heavy atom. The van der Waals surface area contributed by atoms with Crippen molar-refractivity contribution in [3.8, 4) is 5.75 Å². The number of ether oxygens (including phenoxy) is 1. The Hall–Kier alpha value is -1.06. The van der Waals surface area contributed by atoms with Crippen molar-refractivity contribution in [2.24, 2.45) is 5.73 Å². The first kappa shape index (κ1) is 12.0. The number of hydrogen-bond donors (Lipinski definition) is 1. The lowest BCUT2D eigenvalue weighted by molar-refractivity contribution is 0.354. The van der Waals surface area contributed by atoms with E-state index in [0.717, 1.165) is 5.56 Å². The third-order valence-corrected chi connectivity index (χ3v) is 2.07. The van der Waals surface area contributed by atoms with Crippen LogP contribution in [0.4, 0.5) is 4.39 Å². The van der Waals surface area contributed by atoms with E-state index in [0.29, 0.717) is 12.4 Å². The fraction of sp³-hybridized carbons (Fsp3) is 0.273. The highest BCUT2D eigenvalue weighted by Gasteiger charge is 2.08. The summed E-state index contributed by atoms with van der Waals surface area (Å²) in [5, 5.41) is 0. The van der Waals surface area contributed by atoms with Gasteiger partial charge in [-0.15, -0.1) is 0 Å². The van der Waals surface area contributed by atoms with Gasteiger partial charge in [0.25, 0.3) is 0 Å². The summed E-state index contributed by atoms with van der Waals surface area (Å²) >= 11 is 5.34. The van der Waals surface area contributed by atoms with Crippen molar-refractivity contribution in [3.05, 3.63) is 41.2 Å². The predicted octanol–water partition coefficient (Wildman–Crippen LogP) is 2.98. The lowest BCUT2D eigenvalue weighted by Gasteiger charge is -2.12. The van der Waals surface area contributed by atoms with Crippen LogP contribution < -0.4 is 10.5 Å². The zero-order valence-electron chi connectivity index (χ0n) is 8.41. The Balaban J connectivity index is 2.86. The maximum absolute atomic E-state index is 13.0. The van der Waals surface area contributed by atoms with E-state index < -0.39 is 0 Å². The fourth-order valence-electron chi connectivity index (χ4n) is 1.18. The first-order valence-corrected chi connectivity index (χ1v) is 5.02. The fourth-order valence-corrected chi connectivity index (χ4v) is 1.26. The highest BCUT2D eigenvalue weighted by Crippen LogP contribution is 2.24. The zero-order valence-corrected chi connectivity index (χ0v) is 9.17. The van der Waals surface area contributed by atoms with Gasteiger partial charge in [-0.05, 0) is 19.1 Å². The quantitative estimate of drug-likeness (QED) is 0.862. The van der Waals surface area contributed by atoms with Crippen LogP contribution >= 0.6 is 11.6 Å². The lowest BCUT2D eigenvalue weighted by Crippen LogP contribution is -2.08.